The molecule has 0 aromatic heterocycles. The number of carbonyl (C=O) groups excluding carboxylic acids is 2. The Labute approximate surface area is 112 Å². The fraction of sp³-hybridized carbons (Fsp3) is 0.125. The Balaban J connectivity index is 2.34. The van der Waals surface area contributed by atoms with Gasteiger partial charge in [-0.3, -0.25) is 9.59 Å². The van der Waals surface area contributed by atoms with Crippen molar-refractivity contribution in [3.8, 4) is 0 Å². The van der Waals surface area contributed by atoms with E-state index >= 15 is 0 Å². The summed E-state index contributed by atoms with van der Waals surface area (Å²) >= 11 is 0. The number of amides is 1. The molecule has 2 N–H and O–H groups in total. The highest BCUT2D eigenvalue weighted by Crippen LogP contribution is 2.18. The van der Waals surface area contributed by atoms with Crippen LogP contribution in [0.15, 0.2) is 54.6 Å². The maximum Gasteiger partial charge on any atom is 0.224 e. The molecule has 0 radical (unpaired) electrons. The van der Waals surface area contributed by atoms with Crippen LogP contribution in [0.4, 0.5) is 0 Å². The first-order valence-corrected chi connectivity index (χ1v) is 6.08. The number of carbonyl (C=O) groups is 2. The van der Waals surface area contributed by atoms with Gasteiger partial charge in [0.25, 0.3) is 0 Å². The average molecular weight is 253 g/mol. The summed E-state index contributed by atoms with van der Waals surface area (Å²) in [6.45, 7) is 1.73. The van der Waals surface area contributed by atoms with E-state index in [-0.39, 0.29) is 5.78 Å². The largest absolute Gasteiger partial charge is 0.369 e. The first-order chi connectivity index (χ1) is 9.09. The summed E-state index contributed by atoms with van der Waals surface area (Å²) < 4.78 is 0. The monoisotopic (exact) mass is 253 g/mol. The van der Waals surface area contributed by atoms with Gasteiger partial charge in [0.1, 0.15) is 0 Å². The van der Waals surface area contributed by atoms with Gasteiger partial charge in [-0.1, -0.05) is 48.5 Å². The normalized spacial score (nSPS) is 11.8. The van der Waals surface area contributed by atoms with Gasteiger partial charge in [-0.25, -0.2) is 0 Å². The van der Waals surface area contributed by atoms with Crippen LogP contribution >= 0.6 is 0 Å². The molecule has 1 atom stereocenters. The van der Waals surface area contributed by atoms with Crippen molar-refractivity contribution in [1.82, 2.24) is 0 Å². The van der Waals surface area contributed by atoms with Crippen LogP contribution in [0.2, 0.25) is 0 Å². The minimum Gasteiger partial charge on any atom is -0.369 e. The van der Waals surface area contributed by atoms with Crippen molar-refractivity contribution in [2.45, 2.75) is 12.8 Å². The predicted molar refractivity (Wildman–Crippen MR) is 73.9 cm³/mol. The Kier molecular flexibility index (Phi) is 3.76. The minimum atomic E-state index is -0.400. The van der Waals surface area contributed by atoms with Crippen LogP contribution in [-0.4, -0.2) is 11.7 Å². The Morgan fingerprint density at radius 1 is 0.947 bits per heavy atom. The zero-order valence-corrected chi connectivity index (χ0v) is 10.7. The number of ketones is 1. The van der Waals surface area contributed by atoms with Crippen molar-refractivity contribution in [3.05, 3.63) is 71.3 Å². The number of primary amides is 1. The Bertz CT molecular complexity index is 605. The lowest BCUT2D eigenvalue weighted by atomic mass is 9.95. The van der Waals surface area contributed by atoms with Crippen molar-refractivity contribution in [3.63, 3.8) is 0 Å². The summed E-state index contributed by atoms with van der Waals surface area (Å²) in [7, 11) is 0. The van der Waals surface area contributed by atoms with Crippen molar-refractivity contribution in [1.29, 1.82) is 0 Å². The topological polar surface area (TPSA) is 60.2 Å². The molecular weight excluding hydrogens is 238 g/mol. The Morgan fingerprint density at radius 2 is 1.58 bits per heavy atom. The van der Waals surface area contributed by atoms with Crippen LogP contribution in [0.3, 0.4) is 0 Å². The van der Waals surface area contributed by atoms with Gasteiger partial charge in [-0.15, -0.1) is 0 Å². The van der Waals surface area contributed by atoms with E-state index in [0.29, 0.717) is 11.1 Å². The third-order valence-electron chi connectivity index (χ3n) is 3.11. The zero-order chi connectivity index (χ0) is 13.8. The molecular formula is C16H15NO2. The second-order valence-electron chi connectivity index (χ2n) is 4.44. The molecule has 0 spiro atoms. The molecule has 0 saturated carbocycles. The number of hydrogen-bond donors (Lipinski definition) is 1. The highest BCUT2D eigenvalue weighted by atomic mass is 16.1. The molecule has 2 aromatic carbocycles. The fourth-order valence-electron chi connectivity index (χ4n) is 1.87. The molecule has 2 aromatic rings. The molecule has 0 aliphatic carbocycles. The van der Waals surface area contributed by atoms with Crippen molar-refractivity contribution >= 4 is 11.7 Å². The maximum absolute atomic E-state index is 12.3. The maximum atomic E-state index is 12.3. The van der Waals surface area contributed by atoms with Gasteiger partial charge in [0.05, 0.1) is 5.92 Å². The molecule has 0 saturated heterocycles. The summed E-state index contributed by atoms with van der Waals surface area (Å²) in [6.07, 6.45) is 0. The summed E-state index contributed by atoms with van der Waals surface area (Å²) in [4.78, 5) is 23.5. The molecule has 3 nitrogen and oxygen atoms in total. The van der Waals surface area contributed by atoms with E-state index in [9.17, 15) is 9.59 Å². The average Bonchev–Trinajstić information content (AvgIpc) is 2.46. The van der Waals surface area contributed by atoms with E-state index in [1.165, 1.54) is 0 Å². The van der Waals surface area contributed by atoms with E-state index in [1.54, 1.807) is 43.3 Å². The first-order valence-electron chi connectivity index (χ1n) is 6.08. The Morgan fingerprint density at radius 3 is 2.21 bits per heavy atom. The van der Waals surface area contributed by atoms with Gasteiger partial charge in [0.15, 0.2) is 5.78 Å². The van der Waals surface area contributed by atoms with Gasteiger partial charge >= 0.3 is 0 Å². The minimum absolute atomic E-state index is 0.0564. The molecule has 0 heterocycles. The molecule has 1 unspecified atom stereocenters. The lowest BCUT2D eigenvalue weighted by Crippen LogP contribution is -2.19. The smallest absolute Gasteiger partial charge is 0.224 e. The van der Waals surface area contributed by atoms with E-state index in [2.05, 4.69) is 0 Å². The van der Waals surface area contributed by atoms with E-state index in [1.807, 2.05) is 18.2 Å². The van der Waals surface area contributed by atoms with E-state index in [0.717, 1.165) is 5.56 Å². The third-order valence-corrected chi connectivity index (χ3v) is 3.11. The summed E-state index contributed by atoms with van der Waals surface area (Å²) in [5.74, 6) is -0.855. The SMILES string of the molecule is CC(C(N)=O)c1cccc(C(=O)c2ccccc2)c1. The lowest BCUT2D eigenvalue weighted by Gasteiger charge is -2.09. The summed E-state index contributed by atoms with van der Waals surface area (Å²) in [5.41, 5.74) is 7.24. The van der Waals surface area contributed by atoms with Crippen molar-refractivity contribution in [2.75, 3.05) is 0 Å². The van der Waals surface area contributed by atoms with Crippen LogP contribution in [0.25, 0.3) is 0 Å². The molecule has 19 heavy (non-hydrogen) atoms. The molecule has 0 aliphatic heterocycles. The van der Waals surface area contributed by atoms with Crippen molar-refractivity contribution in [2.24, 2.45) is 5.73 Å². The fourth-order valence-corrected chi connectivity index (χ4v) is 1.87. The molecule has 3 heteroatoms. The van der Waals surface area contributed by atoms with Crippen molar-refractivity contribution < 1.29 is 9.59 Å². The van der Waals surface area contributed by atoms with Gasteiger partial charge in [0.2, 0.25) is 5.91 Å². The van der Waals surface area contributed by atoms with Gasteiger partial charge in [0, 0.05) is 11.1 Å². The third kappa shape index (κ3) is 2.88. The van der Waals surface area contributed by atoms with Crippen LogP contribution in [0.5, 0.6) is 0 Å². The Hall–Kier alpha value is -2.42. The van der Waals surface area contributed by atoms with Gasteiger partial charge in [-0.05, 0) is 18.6 Å². The molecule has 2 rings (SSSR count). The van der Waals surface area contributed by atoms with E-state index < -0.39 is 11.8 Å². The number of hydrogen-bond acceptors (Lipinski definition) is 2. The first kappa shape index (κ1) is 13.0. The van der Waals surface area contributed by atoms with Gasteiger partial charge < -0.3 is 5.73 Å². The van der Waals surface area contributed by atoms with Crippen LogP contribution in [-0.2, 0) is 4.79 Å². The number of rotatable bonds is 4. The number of benzene rings is 2. The second kappa shape index (κ2) is 5.48. The van der Waals surface area contributed by atoms with Gasteiger partial charge in [-0.2, -0.15) is 0 Å². The van der Waals surface area contributed by atoms with Crippen LogP contribution < -0.4 is 5.73 Å². The molecule has 0 fully saturated rings. The van der Waals surface area contributed by atoms with E-state index in [4.69, 9.17) is 5.73 Å². The molecule has 1 amide bonds. The standard InChI is InChI=1S/C16H15NO2/c1-11(16(17)19)13-8-5-9-14(10-13)15(18)12-6-3-2-4-7-12/h2-11H,1H3,(H2,17,19). The highest BCUT2D eigenvalue weighted by Gasteiger charge is 2.14. The second-order valence-corrected chi connectivity index (χ2v) is 4.44. The molecule has 96 valence electrons. The van der Waals surface area contributed by atoms with Crippen LogP contribution in [0, 0.1) is 0 Å². The molecule has 0 bridgehead atoms. The summed E-state index contributed by atoms with van der Waals surface area (Å²) in [5, 5.41) is 0. The van der Waals surface area contributed by atoms with Crippen LogP contribution in [0.1, 0.15) is 34.3 Å². The zero-order valence-electron chi connectivity index (χ0n) is 10.7. The quantitative estimate of drug-likeness (QED) is 0.851. The molecule has 0 aliphatic rings. The predicted octanol–water partition coefficient (Wildman–Crippen LogP) is 2.51. The highest BCUT2D eigenvalue weighted by molar-refractivity contribution is 6.09. The number of nitrogens with two attached hydrogens (primary N) is 1. The lowest BCUT2D eigenvalue weighted by molar-refractivity contribution is -0.119. The summed E-state index contributed by atoms with van der Waals surface area (Å²) in [6, 6.07) is 16.1.